The standard InChI is InChI=1S/C9H8ClF2N3/c1-15(5-8(11)12)9-3-6(4-13)2-7(10)14-9/h2-3,8H,5H2,1H3. The van der Waals surface area contributed by atoms with E-state index in [2.05, 4.69) is 4.98 Å². The van der Waals surface area contributed by atoms with Crippen molar-refractivity contribution in [3.8, 4) is 6.07 Å². The van der Waals surface area contributed by atoms with Gasteiger partial charge in [-0.2, -0.15) is 5.26 Å². The summed E-state index contributed by atoms with van der Waals surface area (Å²) in [5, 5.41) is 8.76. The molecule has 6 heteroatoms. The summed E-state index contributed by atoms with van der Waals surface area (Å²) in [6, 6.07) is 4.66. The van der Waals surface area contributed by atoms with Gasteiger partial charge < -0.3 is 4.90 Å². The molecule has 0 saturated heterocycles. The van der Waals surface area contributed by atoms with Gasteiger partial charge in [-0.05, 0) is 12.1 Å². The number of halogens is 3. The minimum Gasteiger partial charge on any atom is -0.354 e. The second-order valence-corrected chi connectivity index (χ2v) is 3.31. The number of nitriles is 1. The van der Waals surface area contributed by atoms with Crippen LogP contribution in [0.5, 0.6) is 0 Å². The molecule has 0 fully saturated rings. The molecule has 0 unspecified atom stereocenters. The van der Waals surface area contributed by atoms with Crippen LogP contribution in [0.1, 0.15) is 5.56 Å². The Morgan fingerprint density at radius 1 is 1.60 bits per heavy atom. The molecule has 0 N–H and O–H groups in total. The molecule has 0 aliphatic carbocycles. The lowest BCUT2D eigenvalue weighted by molar-refractivity contribution is 0.156. The molecule has 1 rings (SSSR count). The highest BCUT2D eigenvalue weighted by molar-refractivity contribution is 6.29. The average molecular weight is 232 g/mol. The molecule has 1 aromatic heterocycles. The number of hydrogen-bond acceptors (Lipinski definition) is 3. The SMILES string of the molecule is CN(CC(F)F)c1cc(C#N)cc(Cl)n1. The van der Waals surface area contributed by atoms with Crippen LogP contribution in [0, 0.1) is 11.3 Å². The van der Waals surface area contributed by atoms with E-state index in [1.54, 1.807) is 0 Å². The molecule has 80 valence electrons. The molecule has 1 heterocycles. The Morgan fingerprint density at radius 3 is 2.80 bits per heavy atom. The maximum absolute atomic E-state index is 12.1. The van der Waals surface area contributed by atoms with Gasteiger partial charge in [0.25, 0.3) is 6.43 Å². The molecule has 15 heavy (non-hydrogen) atoms. The van der Waals surface area contributed by atoms with Crippen molar-refractivity contribution in [2.45, 2.75) is 6.43 Å². The largest absolute Gasteiger partial charge is 0.354 e. The Hall–Kier alpha value is -1.41. The molecule has 0 amide bonds. The van der Waals surface area contributed by atoms with E-state index in [9.17, 15) is 8.78 Å². The molecule has 1 aromatic rings. The summed E-state index contributed by atoms with van der Waals surface area (Å²) in [5.41, 5.74) is 0.297. The molecule has 3 nitrogen and oxygen atoms in total. The van der Waals surface area contributed by atoms with Crippen LogP contribution in [-0.2, 0) is 0 Å². The van der Waals surface area contributed by atoms with Crippen LogP contribution in [0.4, 0.5) is 14.6 Å². The number of rotatable bonds is 3. The third-order valence-electron chi connectivity index (χ3n) is 1.71. The Kier molecular flexibility index (Phi) is 3.81. The van der Waals surface area contributed by atoms with Gasteiger partial charge >= 0.3 is 0 Å². The summed E-state index contributed by atoms with van der Waals surface area (Å²) in [6.45, 7) is -0.446. The van der Waals surface area contributed by atoms with E-state index in [1.165, 1.54) is 24.1 Å². The van der Waals surface area contributed by atoms with Crippen LogP contribution in [-0.4, -0.2) is 25.0 Å². The molecule has 0 aromatic carbocycles. The Balaban J connectivity index is 2.94. The molecule has 0 spiro atoms. The van der Waals surface area contributed by atoms with Gasteiger partial charge in [-0.15, -0.1) is 0 Å². The first-order chi connectivity index (χ1) is 7.02. The lowest BCUT2D eigenvalue weighted by Gasteiger charge is -2.17. The van der Waals surface area contributed by atoms with Crippen LogP contribution < -0.4 is 4.90 Å². The first-order valence-electron chi connectivity index (χ1n) is 4.10. The summed E-state index contributed by atoms with van der Waals surface area (Å²) < 4.78 is 24.2. The summed E-state index contributed by atoms with van der Waals surface area (Å²) in [7, 11) is 1.46. The van der Waals surface area contributed by atoms with E-state index in [4.69, 9.17) is 16.9 Å². The third-order valence-corrected chi connectivity index (χ3v) is 1.91. The molecule has 0 aliphatic heterocycles. The smallest absolute Gasteiger partial charge is 0.255 e. The van der Waals surface area contributed by atoms with E-state index in [0.717, 1.165) is 0 Å². The fourth-order valence-electron chi connectivity index (χ4n) is 1.04. The van der Waals surface area contributed by atoms with Crippen molar-refractivity contribution in [2.75, 3.05) is 18.5 Å². The first-order valence-corrected chi connectivity index (χ1v) is 4.47. The normalized spacial score (nSPS) is 10.1. The Morgan fingerprint density at radius 2 is 2.27 bits per heavy atom. The van der Waals surface area contributed by atoms with Crippen molar-refractivity contribution >= 4 is 17.4 Å². The number of anilines is 1. The zero-order chi connectivity index (χ0) is 11.4. The van der Waals surface area contributed by atoms with Gasteiger partial charge in [0.15, 0.2) is 0 Å². The Labute approximate surface area is 90.9 Å². The maximum Gasteiger partial charge on any atom is 0.255 e. The van der Waals surface area contributed by atoms with Crippen molar-refractivity contribution < 1.29 is 8.78 Å². The second kappa shape index (κ2) is 4.89. The van der Waals surface area contributed by atoms with Gasteiger partial charge in [-0.25, -0.2) is 13.8 Å². The molecule has 0 atom stereocenters. The zero-order valence-electron chi connectivity index (χ0n) is 7.91. The summed E-state index contributed by atoms with van der Waals surface area (Å²) in [6.07, 6.45) is -2.46. The predicted octanol–water partition coefficient (Wildman–Crippen LogP) is 2.31. The third kappa shape index (κ3) is 3.33. The fourth-order valence-corrected chi connectivity index (χ4v) is 1.25. The van der Waals surface area contributed by atoms with E-state index >= 15 is 0 Å². The van der Waals surface area contributed by atoms with Crippen LogP contribution in [0.2, 0.25) is 5.15 Å². The highest BCUT2D eigenvalue weighted by Gasteiger charge is 2.11. The van der Waals surface area contributed by atoms with Gasteiger partial charge in [0, 0.05) is 7.05 Å². The van der Waals surface area contributed by atoms with E-state index in [1.807, 2.05) is 6.07 Å². The number of aromatic nitrogens is 1. The molecule has 0 aliphatic rings. The van der Waals surface area contributed by atoms with Gasteiger partial charge in [-0.3, -0.25) is 0 Å². The van der Waals surface area contributed by atoms with Gasteiger partial charge in [0.2, 0.25) is 0 Å². The quantitative estimate of drug-likeness (QED) is 0.750. The van der Waals surface area contributed by atoms with Crippen molar-refractivity contribution in [3.05, 3.63) is 22.8 Å². The van der Waals surface area contributed by atoms with Gasteiger partial charge in [0.1, 0.15) is 11.0 Å². The lowest BCUT2D eigenvalue weighted by atomic mass is 10.3. The number of alkyl halides is 2. The molecular weight excluding hydrogens is 224 g/mol. The van der Waals surface area contributed by atoms with Gasteiger partial charge in [-0.1, -0.05) is 11.6 Å². The molecule has 0 radical (unpaired) electrons. The van der Waals surface area contributed by atoms with E-state index < -0.39 is 13.0 Å². The van der Waals surface area contributed by atoms with Crippen molar-refractivity contribution in [1.82, 2.24) is 4.98 Å². The number of pyridine rings is 1. The molecule has 0 bridgehead atoms. The van der Waals surface area contributed by atoms with Crippen molar-refractivity contribution in [2.24, 2.45) is 0 Å². The highest BCUT2D eigenvalue weighted by Crippen LogP contribution is 2.17. The summed E-state index contributed by atoms with van der Waals surface area (Å²) in [4.78, 5) is 5.09. The monoisotopic (exact) mass is 231 g/mol. The zero-order valence-corrected chi connectivity index (χ0v) is 8.67. The van der Waals surface area contributed by atoms with Crippen LogP contribution in [0.15, 0.2) is 12.1 Å². The second-order valence-electron chi connectivity index (χ2n) is 2.92. The van der Waals surface area contributed by atoms with Crippen LogP contribution >= 0.6 is 11.6 Å². The van der Waals surface area contributed by atoms with Crippen LogP contribution in [0.25, 0.3) is 0 Å². The first kappa shape index (κ1) is 11.7. The van der Waals surface area contributed by atoms with Gasteiger partial charge in [0.05, 0.1) is 18.2 Å². The van der Waals surface area contributed by atoms with E-state index in [0.29, 0.717) is 5.56 Å². The highest BCUT2D eigenvalue weighted by atomic mass is 35.5. The summed E-state index contributed by atoms with van der Waals surface area (Å²) >= 11 is 5.63. The topological polar surface area (TPSA) is 39.9 Å². The van der Waals surface area contributed by atoms with Crippen molar-refractivity contribution in [3.63, 3.8) is 0 Å². The van der Waals surface area contributed by atoms with E-state index in [-0.39, 0.29) is 11.0 Å². The minimum atomic E-state index is -2.46. The van der Waals surface area contributed by atoms with Crippen LogP contribution in [0.3, 0.4) is 0 Å². The number of nitrogens with zero attached hydrogens (tertiary/aromatic N) is 3. The predicted molar refractivity (Wildman–Crippen MR) is 53.2 cm³/mol. The average Bonchev–Trinajstić information content (AvgIpc) is 2.15. The maximum atomic E-state index is 12.1. The number of hydrogen-bond donors (Lipinski definition) is 0. The van der Waals surface area contributed by atoms with Crippen molar-refractivity contribution in [1.29, 1.82) is 5.26 Å². The lowest BCUT2D eigenvalue weighted by Crippen LogP contribution is -2.24. The minimum absolute atomic E-state index is 0.116. The summed E-state index contributed by atoms with van der Waals surface area (Å²) in [5.74, 6) is 0.263. The Bertz CT molecular complexity index is 389. The fraction of sp³-hybridized carbons (Fsp3) is 0.333. The molecule has 0 saturated carbocycles. The molecular formula is C9H8ClF2N3.